The average Bonchev–Trinajstić information content (AvgIpc) is 1.63. The van der Waals surface area contributed by atoms with Crippen molar-refractivity contribution in [1.82, 2.24) is 0 Å². The van der Waals surface area contributed by atoms with Gasteiger partial charge < -0.3 is 4.74 Å². The maximum absolute atomic E-state index is 10.4. The van der Waals surface area contributed by atoms with Crippen LogP contribution >= 0.6 is 10.0 Å². The van der Waals surface area contributed by atoms with E-state index in [-0.39, 0.29) is 5.28 Å². The molecule has 0 N–H and O–H groups in total. The Bertz CT molecular complexity index is 125. The van der Waals surface area contributed by atoms with Gasteiger partial charge in [0.25, 0.3) is 0 Å². The molecule has 0 spiro atoms. The van der Waals surface area contributed by atoms with E-state index in [1.807, 2.05) is 0 Å². The van der Waals surface area contributed by atoms with Gasteiger partial charge in [-0.05, 0) is 0 Å². The molecule has 0 atom stereocenters. The normalized spacial score (nSPS) is 8.22. The molecule has 9 heavy (non-hydrogen) atoms. The van der Waals surface area contributed by atoms with E-state index in [9.17, 15) is 9.59 Å². The molecule has 0 aromatic heterocycles. The second-order valence-corrected chi connectivity index (χ2v) is 3.42. The third-order valence-corrected chi connectivity index (χ3v) is 1.72. The van der Waals surface area contributed by atoms with Crippen LogP contribution in [0.1, 0.15) is 6.92 Å². The Morgan fingerprint density at radius 1 is 1.67 bits per heavy atom. The first-order valence-corrected chi connectivity index (χ1v) is 5.58. The maximum atomic E-state index is 10.4. The van der Waals surface area contributed by atoms with Gasteiger partial charge in [0.1, 0.15) is 0 Å². The lowest BCUT2D eigenvalue weighted by Gasteiger charge is -1.93. The quantitative estimate of drug-likeness (QED) is 0.330. The van der Waals surface area contributed by atoms with Crippen molar-refractivity contribution in [2.45, 2.75) is 12.2 Å². The highest BCUT2D eigenvalue weighted by molar-refractivity contribution is 6.94. The highest BCUT2D eigenvalue weighted by Gasteiger charge is 2.04. The number of hydrogen-bond donors (Lipinski definition) is 0. The number of esters is 2. The fraction of sp³-hybridized carbons (Fsp3) is 0.500. The van der Waals surface area contributed by atoms with Gasteiger partial charge in [-0.25, -0.2) is 0 Å². The summed E-state index contributed by atoms with van der Waals surface area (Å²) in [7, 11) is 5.31. The Morgan fingerprint density at radius 3 is 2.56 bits per heavy atom. The molecule has 0 radical (unpaired) electrons. The fourth-order valence-electron chi connectivity index (χ4n) is 0.288. The highest BCUT2D eigenvalue weighted by Crippen LogP contribution is 1.88. The molecule has 0 bridgehead atoms. The van der Waals surface area contributed by atoms with Crippen molar-refractivity contribution in [3.63, 3.8) is 0 Å². The third kappa shape index (κ3) is 5.84. The lowest BCUT2D eigenvalue weighted by Crippen LogP contribution is -2.08. The molecule has 0 saturated carbocycles. The predicted molar refractivity (Wildman–Crippen MR) is 34.6 cm³/mol. The molecule has 5 heteroatoms. The molecular weight excluding hydrogens is 158 g/mol. The Balaban J connectivity index is 3.39. The van der Waals surface area contributed by atoms with Gasteiger partial charge in [-0.1, -0.05) is 0 Å². The van der Waals surface area contributed by atoms with Crippen molar-refractivity contribution in [3.8, 4) is 0 Å². The standard InChI is InChI=1S/C4H5O3.Al.ClH.H/c1-3(5)7-4(2)6;;;/h1H2,2H3;;1H;/q;+1;;/p-1. The maximum Gasteiger partial charge on any atom is 0.388 e. The van der Waals surface area contributed by atoms with E-state index < -0.39 is 26.2 Å². The van der Waals surface area contributed by atoms with E-state index in [1.165, 1.54) is 6.92 Å². The van der Waals surface area contributed by atoms with Crippen LogP contribution in [-0.2, 0) is 14.3 Å². The summed E-state index contributed by atoms with van der Waals surface area (Å²) in [5, 5.41) is 0.223. The van der Waals surface area contributed by atoms with E-state index in [0.717, 1.165) is 0 Å². The monoisotopic (exact) mass is 164 g/mol. The molecule has 0 aliphatic rings. The van der Waals surface area contributed by atoms with Crippen LogP contribution in [0.5, 0.6) is 0 Å². The zero-order valence-corrected chi connectivity index (χ0v) is 7.19. The Morgan fingerprint density at radius 2 is 2.22 bits per heavy atom. The number of carbonyl (C=O) groups is 2. The van der Waals surface area contributed by atoms with Crippen molar-refractivity contribution in [3.05, 3.63) is 0 Å². The van der Waals surface area contributed by atoms with Gasteiger partial charge in [-0.15, -0.1) is 0 Å². The van der Waals surface area contributed by atoms with Gasteiger partial charge in [-0.2, -0.15) is 0 Å². The lowest BCUT2D eigenvalue weighted by molar-refractivity contribution is -0.156. The van der Waals surface area contributed by atoms with E-state index in [4.69, 9.17) is 10.0 Å². The summed E-state index contributed by atoms with van der Waals surface area (Å²) < 4.78 is 4.16. The summed E-state index contributed by atoms with van der Waals surface area (Å²) in [6.45, 7) is 1.19. The minimum Gasteiger partial charge on any atom is -0.394 e. The van der Waals surface area contributed by atoms with Crippen LogP contribution < -0.4 is 0 Å². The summed E-state index contributed by atoms with van der Waals surface area (Å²) in [4.78, 5) is 20.4. The molecule has 3 nitrogen and oxygen atoms in total. The minimum atomic E-state index is -0.831. The molecule has 0 heterocycles. The first-order chi connectivity index (χ1) is 4.16. The van der Waals surface area contributed by atoms with Crippen LogP contribution in [0.2, 0.25) is 5.28 Å². The van der Waals surface area contributed by atoms with Crippen LogP contribution in [0.15, 0.2) is 0 Å². The Labute approximate surface area is 63.2 Å². The molecule has 0 saturated heterocycles. The Hall–Kier alpha value is -0.0375. The Kier molecular flexibility index (Phi) is 4.79. The molecule has 0 fully saturated rings. The average molecular weight is 165 g/mol. The number of hydrogen-bond acceptors (Lipinski definition) is 3. The van der Waals surface area contributed by atoms with Crippen LogP contribution in [0.4, 0.5) is 0 Å². The highest BCUT2D eigenvalue weighted by atomic mass is 35.6. The first kappa shape index (κ1) is 8.96. The van der Waals surface area contributed by atoms with Gasteiger partial charge in [0.2, 0.25) is 0 Å². The fourth-order valence-corrected chi connectivity index (χ4v) is 1.01. The zero-order chi connectivity index (χ0) is 7.28. The summed E-state index contributed by atoms with van der Waals surface area (Å²) in [5.74, 6) is -1.08. The van der Waals surface area contributed by atoms with Gasteiger partial charge in [0.05, 0.1) is 0 Å². The van der Waals surface area contributed by atoms with Crippen LogP contribution in [0.3, 0.4) is 0 Å². The third-order valence-electron chi connectivity index (χ3n) is 0.556. The van der Waals surface area contributed by atoms with Crippen LogP contribution in [0.25, 0.3) is 0 Å². The molecule has 0 aliphatic heterocycles. The molecule has 0 rings (SSSR count). The van der Waals surface area contributed by atoms with E-state index in [1.54, 1.807) is 0 Å². The van der Waals surface area contributed by atoms with Crippen molar-refractivity contribution >= 4 is 36.3 Å². The molecule has 0 aromatic carbocycles. The smallest absolute Gasteiger partial charge is 0.388 e. The largest absolute Gasteiger partial charge is 0.394 e. The topological polar surface area (TPSA) is 43.4 Å². The van der Waals surface area contributed by atoms with Crippen molar-refractivity contribution in [1.29, 1.82) is 0 Å². The second kappa shape index (κ2) is 4.81. The second-order valence-electron chi connectivity index (χ2n) is 1.40. The van der Waals surface area contributed by atoms with Crippen LogP contribution in [0, 0.1) is 0 Å². The first-order valence-electron chi connectivity index (χ1n) is 2.44. The predicted octanol–water partition coefficient (Wildman–Crippen LogP) is 0.0847. The minimum absolute atomic E-state index is 0.223. The molecular formula is C4H6AlClO3. The van der Waals surface area contributed by atoms with E-state index >= 15 is 0 Å². The number of halogens is 1. The summed E-state index contributed by atoms with van der Waals surface area (Å²) in [5.41, 5.74) is 0. The molecule has 0 aromatic rings. The van der Waals surface area contributed by atoms with Gasteiger partial charge in [0, 0.05) is 12.2 Å². The summed E-state index contributed by atoms with van der Waals surface area (Å²) in [6.07, 6.45) is 0. The number of carbonyl (C=O) groups excluding carboxylic acids is 2. The van der Waals surface area contributed by atoms with Gasteiger partial charge in [0.15, 0.2) is 0 Å². The van der Waals surface area contributed by atoms with E-state index in [2.05, 4.69) is 4.74 Å². The molecule has 50 valence electrons. The summed E-state index contributed by atoms with van der Waals surface area (Å²) in [6, 6.07) is 0. The molecule has 0 aliphatic carbocycles. The molecule has 0 unspecified atom stereocenters. The SMILES string of the molecule is CC(=O)OC(=O)[CH2][AlH][Cl]. The van der Waals surface area contributed by atoms with Gasteiger partial charge >= 0.3 is 26.2 Å². The number of rotatable bonds is 2. The summed E-state index contributed by atoms with van der Waals surface area (Å²) >= 11 is -0.831. The van der Waals surface area contributed by atoms with Crippen molar-refractivity contribution < 1.29 is 14.3 Å². The zero-order valence-electron chi connectivity index (χ0n) is 5.02. The number of ether oxygens (including phenoxy) is 1. The lowest BCUT2D eigenvalue weighted by atomic mass is 10.7. The van der Waals surface area contributed by atoms with Crippen molar-refractivity contribution in [2.75, 3.05) is 0 Å². The van der Waals surface area contributed by atoms with E-state index in [0.29, 0.717) is 0 Å². The van der Waals surface area contributed by atoms with Gasteiger partial charge in [-0.3, -0.25) is 19.6 Å². The van der Waals surface area contributed by atoms with Crippen LogP contribution in [-0.4, -0.2) is 26.2 Å². The van der Waals surface area contributed by atoms with Crippen molar-refractivity contribution in [2.24, 2.45) is 0 Å². The molecule has 0 amide bonds.